The molecule has 0 amide bonds. The zero-order valence-electron chi connectivity index (χ0n) is 8.72. The fraction of sp³-hybridized carbons (Fsp3) is 0.545. The molecule has 1 aliphatic rings. The summed E-state index contributed by atoms with van der Waals surface area (Å²) in [6.45, 7) is 0.666. The first-order valence-electron chi connectivity index (χ1n) is 5.36. The van der Waals surface area contributed by atoms with Crippen molar-refractivity contribution in [3.8, 4) is 0 Å². The van der Waals surface area contributed by atoms with Gasteiger partial charge < -0.3 is 5.32 Å². The van der Waals surface area contributed by atoms with E-state index in [-0.39, 0.29) is 11.2 Å². The number of pyridine rings is 1. The van der Waals surface area contributed by atoms with E-state index >= 15 is 0 Å². The van der Waals surface area contributed by atoms with Gasteiger partial charge in [0.2, 0.25) is 0 Å². The average molecular weight is 263 g/mol. The van der Waals surface area contributed by atoms with Crippen LogP contribution >= 0.6 is 23.2 Å². The molecule has 1 heterocycles. The van der Waals surface area contributed by atoms with Crippen molar-refractivity contribution in [2.24, 2.45) is 5.92 Å². The highest BCUT2D eigenvalue weighted by atomic mass is 35.5. The molecule has 2 atom stereocenters. The van der Waals surface area contributed by atoms with Gasteiger partial charge in [0.05, 0.1) is 5.02 Å². The molecule has 1 N–H and O–H groups in total. The number of alkyl halides is 1. The largest absolute Gasteiger partial charge is 0.367 e. The van der Waals surface area contributed by atoms with Gasteiger partial charge in [-0.2, -0.15) is 0 Å². The quantitative estimate of drug-likeness (QED) is 0.841. The fourth-order valence-corrected chi connectivity index (χ4v) is 2.51. The Bertz CT molecular complexity index is 373. The van der Waals surface area contributed by atoms with Gasteiger partial charge in [-0.1, -0.05) is 18.0 Å². The molecule has 5 heteroatoms. The number of anilines is 1. The van der Waals surface area contributed by atoms with Crippen LogP contribution in [0.15, 0.2) is 12.3 Å². The highest BCUT2D eigenvalue weighted by molar-refractivity contribution is 6.30. The molecular formula is C11H13Cl2FN2. The lowest BCUT2D eigenvalue weighted by atomic mass is 10.1. The molecule has 0 spiro atoms. The molecule has 88 valence electrons. The molecule has 1 aliphatic carbocycles. The first-order valence-corrected chi connectivity index (χ1v) is 6.17. The van der Waals surface area contributed by atoms with Crippen molar-refractivity contribution < 1.29 is 4.39 Å². The molecule has 0 aliphatic heterocycles. The fourth-order valence-electron chi connectivity index (χ4n) is 1.99. The van der Waals surface area contributed by atoms with Crippen LogP contribution in [-0.4, -0.2) is 16.9 Å². The Morgan fingerprint density at radius 3 is 2.94 bits per heavy atom. The maximum atomic E-state index is 13.4. The van der Waals surface area contributed by atoms with Crippen LogP contribution in [0.3, 0.4) is 0 Å². The van der Waals surface area contributed by atoms with Crippen molar-refractivity contribution in [2.45, 2.75) is 24.6 Å². The van der Waals surface area contributed by atoms with Crippen LogP contribution in [0, 0.1) is 11.7 Å². The van der Waals surface area contributed by atoms with Gasteiger partial charge in [-0.3, -0.25) is 0 Å². The van der Waals surface area contributed by atoms with E-state index in [1.165, 1.54) is 12.3 Å². The molecule has 16 heavy (non-hydrogen) atoms. The monoisotopic (exact) mass is 262 g/mol. The number of hydrogen-bond acceptors (Lipinski definition) is 2. The average Bonchev–Trinajstić information content (AvgIpc) is 2.63. The third kappa shape index (κ3) is 2.77. The van der Waals surface area contributed by atoms with Gasteiger partial charge in [0.1, 0.15) is 0 Å². The molecule has 2 nitrogen and oxygen atoms in total. The Balaban J connectivity index is 1.94. The van der Waals surface area contributed by atoms with E-state index < -0.39 is 5.82 Å². The van der Waals surface area contributed by atoms with Crippen LogP contribution in [0.1, 0.15) is 19.3 Å². The molecule has 1 fully saturated rings. The number of hydrogen-bond donors (Lipinski definition) is 1. The highest BCUT2D eigenvalue weighted by Gasteiger charge is 2.25. The summed E-state index contributed by atoms with van der Waals surface area (Å²) < 4.78 is 13.4. The number of nitrogens with zero attached hydrogens (tertiary/aromatic N) is 1. The number of aromatic nitrogens is 1. The maximum absolute atomic E-state index is 13.4. The van der Waals surface area contributed by atoms with E-state index in [1.54, 1.807) is 0 Å². The van der Waals surface area contributed by atoms with E-state index in [9.17, 15) is 4.39 Å². The van der Waals surface area contributed by atoms with E-state index in [2.05, 4.69) is 10.3 Å². The molecule has 0 bridgehead atoms. The van der Waals surface area contributed by atoms with E-state index in [0.717, 1.165) is 19.3 Å². The molecular weight excluding hydrogens is 250 g/mol. The number of rotatable bonds is 3. The lowest BCUT2D eigenvalue weighted by Gasteiger charge is -2.15. The van der Waals surface area contributed by atoms with Crippen molar-refractivity contribution in [3.63, 3.8) is 0 Å². The third-order valence-electron chi connectivity index (χ3n) is 2.91. The van der Waals surface area contributed by atoms with Crippen LogP contribution in [0.2, 0.25) is 5.02 Å². The summed E-state index contributed by atoms with van der Waals surface area (Å²) in [6.07, 6.45) is 4.72. The highest BCUT2D eigenvalue weighted by Crippen LogP contribution is 2.30. The Morgan fingerprint density at radius 2 is 2.31 bits per heavy atom. The van der Waals surface area contributed by atoms with Gasteiger partial charge in [-0.15, -0.1) is 11.6 Å². The van der Waals surface area contributed by atoms with Gasteiger partial charge >= 0.3 is 0 Å². The van der Waals surface area contributed by atoms with Crippen molar-refractivity contribution >= 4 is 29.0 Å². The lowest BCUT2D eigenvalue weighted by Crippen LogP contribution is -2.19. The molecule has 1 saturated carbocycles. The third-order valence-corrected chi connectivity index (χ3v) is 3.69. The summed E-state index contributed by atoms with van der Waals surface area (Å²) in [6, 6.07) is 1.25. The zero-order valence-corrected chi connectivity index (χ0v) is 10.2. The van der Waals surface area contributed by atoms with Crippen LogP contribution in [-0.2, 0) is 0 Å². The molecule has 0 saturated heterocycles. The van der Waals surface area contributed by atoms with Gasteiger partial charge in [0.25, 0.3) is 0 Å². The smallest absolute Gasteiger partial charge is 0.166 e. The van der Waals surface area contributed by atoms with E-state index in [1.807, 2.05) is 0 Å². The van der Waals surface area contributed by atoms with Gasteiger partial charge in [0.15, 0.2) is 11.6 Å². The van der Waals surface area contributed by atoms with Crippen LogP contribution < -0.4 is 5.32 Å². The van der Waals surface area contributed by atoms with Crippen molar-refractivity contribution in [2.75, 3.05) is 11.9 Å². The summed E-state index contributed by atoms with van der Waals surface area (Å²) in [5.74, 6) is 0.232. The van der Waals surface area contributed by atoms with Gasteiger partial charge in [-0.25, -0.2) is 9.37 Å². The lowest BCUT2D eigenvalue weighted by molar-refractivity contribution is 0.576. The Labute approximate surface area is 104 Å². The molecule has 0 radical (unpaired) electrons. The Kier molecular flexibility index (Phi) is 3.87. The first kappa shape index (κ1) is 11.9. The predicted octanol–water partition coefficient (Wildman–Crippen LogP) is 3.69. The summed E-state index contributed by atoms with van der Waals surface area (Å²) in [5, 5.41) is 3.49. The SMILES string of the molecule is Fc1cc(Cl)cnc1NCC1CCCC1Cl. The second kappa shape index (κ2) is 5.19. The second-order valence-electron chi connectivity index (χ2n) is 4.07. The van der Waals surface area contributed by atoms with E-state index in [4.69, 9.17) is 23.2 Å². The molecule has 1 aromatic heterocycles. The van der Waals surface area contributed by atoms with Gasteiger partial charge in [-0.05, 0) is 24.8 Å². The molecule has 0 aromatic carbocycles. The maximum Gasteiger partial charge on any atom is 0.166 e. The van der Waals surface area contributed by atoms with Crippen LogP contribution in [0.4, 0.5) is 10.2 Å². The summed E-state index contributed by atoms with van der Waals surface area (Å²) >= 11 is 11.8. The normalized spacial score (nSPS) is 24.7. The standard InChI is InChI=1S/C11H13Cl2FN2/c12-8-4-10(14)11(16-6-8)15-5-7-2-1-3-9(7)13/h4,6-7,9H,1-3,5H2,(H,15,16). The summed E-state index contributed by atoms with van der Waals surface area (Å²) in [5.41, 5.74) is 0. The second-order valence-corrected chi connectivity index (χ2v) is 5.07. The van der Waals surface area contributed by atoms with Crippen molar-refractivity contribution in [1.29, 1.82) is 0 Å². The number of nitrogens with one attached hydrogen (secondary N) is 1. The Hall–Kier alpha value is -0.540. The predicted molar refractivity (Wildman–Crippen MR) is 64.7 cm³/mol. The van der Waals surface area contributed by atoms with Crippen molar-refractivity contribution in [3.05, 3.63) is 23.1 Å². The zero-order chi connectivity index (χ0) is 11.5. The molecule has 1 aromatic rings. The first-order chi connectivity index (χ1) is 7.66. The van der Waals surface area contributed by atoms with Crippen molar-refractivity contribution in [1.82, 2.24) is 4.98 Å². The molecule has 2 rings (SSSR count). The van der Waals surface area contributed by atoms with E-state index in [0.29, 0.717) is 17.5 Å². The minimum Gasteiger partial charge on any atom is -0.367 e. The summed E-state index contributed by atoms with van der Waals surface area (Å²) in [4.78, 5) is 3.90. The molecule has 2 unspecified atom stereocenters. The minimum atomic E-state index is -0.420. The summed E-state index contributed by atoms with van der Waals surface area (Å²) in [7, 11) is 0. The minimum absolute atomic E-state index is 0.197. The van der Waals surface area contributed by atoms with Gasteiger partial charge in [0, 0.05) is 18.1 Å². The van der Waals surface area contributed by atoms with Crippen LogP contribution in [0.25, 0.3) is 0 Å². The topological polar surface area (TPSA) is 24.9 Å². The Morgan fingerprint density at radius 1 is 1.50 bits per heavy atom. The number of halogens is 3. The van der Waals surface area contributed by atoms with Crippen LogP contribution in [0.5, 0.6) is 0 Å².